The maximum absolute atomic E-state index is 12.0. The van der Waals surface area contributed by atoms with E-state index in [1.165, 1.54) is 0 Å². The fraction of sp³-hybridized carbons (Fsp3) is 0.500. The molecule has 0 saturated carbocycles. The molecular weight excluding hydrogens is 238 g/mol. The van der Waals surface area contributed by atoms with Crippen molar-refractivity contribution in [3.63, 3.8) is 0 Å². The van der Waals surface area contributed by atoms with Crippen molar-refractivity contribution >= 4 is 23.2 Å². The van der Waals surface area contributed by atoms with Crippen molar-refractivity contribution in [1.29, 1.82) is 0 Å². The molecule has 0 aliphatic rings. The van der Waals surface area contributed by atoms with Crippen LogP contribution < -0.4 is 11.1 Å². The first-order chi connectivity index (χ1) is 7.95. The number of nitrogens with zero attached hydrogens (tertiary/aromatic N) is 1. The first-order valence-corrected chi connectivity index (χ1v) is 5.96. The van der Waals surface area contributed by atoms with E-state index in [2.05, 4.69) is 10.3 Å². The Morgan fingerprint density at radius 3 is 2.76 bits per heavy atom. The summed E-state index contributed by atoms with van der Waals surface area (Å²) in [5, 5.41) is 3.06. The van der Waals surface area contributed by atoms with Crippen molar-refractivity contribution < 1.29 is 4.79 Å². The highest BCUT2D eigenvalue weighted by Gasteiger charge is 2.21. The molecule has 17 heavy (non-hydrogen) atoms. The maximum Gasteiger partial charge on any atom is 0.229 e. The molecule has 0 fully saturated rings. The van der Waals surface area contributed by atoms with E-state index in [9.17, 15) is 4.79 Å². The molecule has 5 heteroatoms. The molecule has 0 radical (unpaired) electrons. The highest BCUT2D eigenvalue weighted by molar-refractivity contribution is 6.32. The Labute approximate surface area is 107 Å². The number of aryl methyl sites for hydroxylation is 1. The van der Waals surface area contributed by atoms with Crippen molar-refractivity contribution in [1.82, 2.24) is 4.98 Å². The molecule has 0 bridgehead atoms. The molecule has 1 aromatic heterocycles. The van der Waals surface area contributed by atoms with Gasteiger partial charge in [-0.15, -0.1) is 0 Å². The predicted molar refractivity (Wildman–Crippen MR) is 70.0 cm³/mol. The average Bonchev–Trinajstić information content (AvgIpc) is 2.24. The molecular formula is C12H18ClN3O. The van der Waals surface area contributed by atoms with E-state index in [0.717, 1.165) is 5.56 Å². The van der Waals surface area contributed by atoms with Crippen molar-refractivity contribution in [2.75, 3.05) is 11.9 Å². The number of aromatic nitrogens is 1. The van der Waals surface area contributed by atoms with Crippen LogP contribution in [-0.4, -0.2) is 17.4 Å². The van der Waals surface area contributed by atoms with Gasteiger partial charge in [-0.05, 0) is 24.5 Å². The number of carbonyl (C=O) groups excluding carboxylic acids is 1. The topological polar surface area (TPSA) is 68.0 Å². The average molecular weight is 256 g/mol. The van der Waals surface area contributed by atoms with E-state index >= 15 is 0 Å². The number of anilines is 1. The standard InChI is InChI=1S/C12H18ClN3O/c1-7(2)9(5-14)12(17)16-10-4-8(3)6-15-11(10)13/h4,6-7,9H,5,14H2,1-3H3,(H,16,17). The van der Waals surface area contributed by atoms with Crippen LogP contribution in [0.25, 0.3) is 0 Å². The monoisotopic (exact) mass is 255 g/mol. The second-order valence-electron chi connectivity index (χ2n) is 4.43. The minimum atomic E-state index is -0.216. The molecule has 0 aliphatic heterocycles. The number of nitrogens with one attached hydrogen (secondary N) is 1. The fourth-order valence-electron chi connectivity index (χ4n) is 1.55. The maximum atomic E-state index is 12.0. The van der Waals surface area contributed by atoms with Gasteiger partial charge in [0.25, 0.3) is 0 Å². The third kappa shape index (κ3) is 3.68. The van der Waals surface area contributed by atoms with Gasteiger partial charge in [0, 0.05) is 12.7 Å². The molecule has 1 atom stereocenters. The van der Waals surface area contributed by atoms with Crippen LogP contribution in [0, 0.1) is 18.8 Å². The minimum absolute atomic E-state index is 0.114. The van der Waals surface area contributed by atoms with Crippen molar-refractivity contribution in [3.05, 3.63) is 23.0 Å². The van der Waals surface area contributed by atoms with Crippen LogP contribution in [0.5, 0.6) is 0 Å². The van der Waals surface area contributed by atoms with Gasteiger partial charge in [0.05, 0.1) is 11.6 Å². The van der Waals surface area contributed by atoms with Crippen LogP contribution in [0.3, 0.4) is 0 Å². The van der Waals surface area contributed by atoms with E-state index in [0.29, 0.717) is 17.4 Å². The van der Waals surface area contributed by atoms with Gasteiger partial charge >= 0.3 is 0 Å². The lowest BCUT2D eigenvalue weighted by Gasteiger charge is -2.18. The molecule has 0 spiro atoms. The number of halogens is 1. The minimum Gasteiger partial charge on any atom is -0.330 e. The summed E-state index contributed by atoms with van der Waals surface area (Å²) in [4.78, 5) is 16.0. The van der Waals surface area contributed by atoms with Gasteiger partial charge in [0.1, 0.15) is 0 Å². The SMILES string of the molecule is Cc1cnc(Cl)c(NC(=O)C(CN)C(C)C)c1. The fourth-order valence-corrected chi connectivity index (χ4v) is 1.70. The summed E-state index contributed by atoms with van der Waals surface area (Å²) in [6, 6.07) is 1.79. The molecule has 0 aliphatic carbocycles. The summed E-state index contributed by atoms with van der Waals surface area (Å²) >= 11 is 5.91. The van der Waals surface area contributed by atoms with Gasteiger partial charge in [-0.25, -0.2) is 4.98 Å². The normalized spacial score (nSPS) is 12.6. The molecule has 4 nitrogen and oxygen atoms in total. The van der Waals surface area contributed by atoms with E-state index < -0.39 is 0 Å². The Hall–Kier alpha value is -1.13. The molecule has 1 rings (SSSR count). The number of pyridine rings is 1. The molecule has 0 saturated heterocycles. The van der Waals surface area contributed by atoms with Crippen molar-refractivity contribution in [3.8, 4) is 0 Å². The van der Waals surface area contributed by atoms with Crippen LogP contribution in [0.2, 0.25) is 5.15 Å². The van der Waals surface area contributed by atoms with E-state index in [4.69, 9.17) is 17.3 Å². The zero-order valence-corrected chi connectivity index (χ0v) is 11.1. The summed E-state index contributed by atoms with van der Waals surface area (Å²) in [5.41, 5.74) is 7.07. The molecule has 1 amide bonds. The molecule has 3 N–H and O–H groups in total. The quantitative estimate of drug-likeness (QED) is 0.811. The number of rotatable bonds is 4. The van der Waals surface area contributed by atoms with Crippen molar-refractivity contribution in [2.24, 2.45) is 17.6 Å². The van der Waals surface area contributed by atoms with E-state index in [1.807, 2.05) is 20.8 Å². The van der Waals surface area contributed by atoms with Crippen molar-refractivity contribution in [2.45, 2.75) is 20.8 Å². The first-order valence-electron chi connectivity index (χ1n) is 5.58. The predicted octanol–water partition coefficient (Wildman–Crippen LogP) is 2.21. The van der Waals surface area contributed by atoms with Crippen LogP contribution in [0.4, 0.5) is 5.69 Å². The Morgan fingerprint density at radius 1 is 1.59 bits per heavy atom. The number of nitrogens with two attached hydrogens (primary N) is 1. The van der Waals surface area contributed by atoms with Gasteiger partial charge in [0.2, 0.25) is 5.91 Å². The van der Waals surface area contributed by atoms with E-state index in [-0.39, 0.29) is 17.7 Å². The second kappa shape index (κ2) is 5.98. The lowest BCUT2D eigenvalue weighted by molar-refractivity contribution is -0.120. The number of carbonyl (C=O) groups is 1. The summed E-state index contributed by atoms with van der Waals surface area (Å²) in [6.07, 6.45) is 1.65. The summed E-state index contributed by atoms with van der Waals surface area (Å²) in [6.45, 7) is 6.14. The smallest absolute Gasteiger partial charge is 0.229 e. The van der Waals surface area contributed by atoms with Gasteiger partial charge < -0.3 is 11.1 Å². The van der Waals surface area contributed by atoms with Crippen LogP contribution in [0.1, 0.15) is 19.4 Å². The van der Waals surface area contributed by atoms with Gasteiger partial charge in [-0.3, -0.25) is 4.79 Å². The Morgan fingerprint density at radius 2 is 2.24 bits per heavy atom. The Bertz CT molecular complexity index is 407. The zero-order valence-electron chi connectivity index (χ0n) is 10.3. The van der Waals surface area contributed by atoms with Crippen LogP contribution in [0.15, 0.2) is 12.3 Å². The summed E-state index contributed by atoms with van der Waals surface area (Å²) in [7, 11) is 0. The molecule has 1 heterocycles. The Kier molecular flexibility index (Phi) is 4.90. The zero-order chi connectivity index (χ0) is 13.0. The highest BCUT2D eigenvalue weighted by atomic mass is 35.5. The first kappa shape index (κ1) is 13.9. The lowest BCUT2D eigenvalue weighted by Crippen LogP contribution is -2.33. The summed E-state index contributed by atoms with van der Waals surface area (Å²) < 4.78 is 0. The van der Waals surface area contributed by atoms with Crippen LogP contribution in [-0.2, 0) is 4.79 Å². The highest BCUT2D eigenvalue weighted by Crippen LogP contribution is 2.21. The number of hydrogen-bond donors (Lipinski definition) is 2. The molecule has 1 unspecified atom stereocenters. The third-order valence-corrected chi connectivity index (χ3v) is 2.93. The largest absolute Gasteiger partial charge is 0.330 e. The van der Waals surface area contributed by atoms with Gasteiger partial charge in [0.15, 0.2) is 5.15 Å². The van der Waals surface area contributed by atoms with E-state index in [1.54, 1.807) is 12.3 Å². The number of amides is 1. The van der Waals surface area contributed by atoms with Gasteiger partial charge in [-0.1, -0.05) is 25.4 Å². The Balaban J connectivity index is 2.83. The van der Waals surface area contributed by atoms with Crippen LogP contribution >= 0.6 is 11.6 Å². The molecule has 94 valence electrons. The molecule has 0 aromatic carbocycles. The summed E-state index contributed by atoms with van der Waals surface area (Å²) in [5.74, 6) is -0.139. The third-order valence-electron chi connectivity index (χ3n) is 2.63. The van der Waals surface area contributed by atoms with Gasteiger partial charge in [-0.2, -0.15) is 0 Å². The molecule has 1 aromatic rings. The lowest BCUT2D eigenvalue weighted by atomic mass is 9.95. The second-order valence-corrected chi connectivity index (χ2v) is 4.78. The number of hydrogen-bond acceptors (Lipinski definition) is 3.